The maximum Gasteiger partial charge on any atom is 0.335 e. The number of ether oxygens (including phenoxy) is 2. The molecule has 2 radical (unpaired) electrons. The number of nitrogens with zero attached hydrogens (tertiary/aromatic N) is 2. The normalized spacial score (nSPS) is 13.7. The first-order valence-electron chi connectivity index (χ1n) is 16.7. The molecule has 2 fully saturated rings. The number of hydrogen-bond acceptors (Lipinski definition) is 10. The molecule has 2 aliphatic rings. The van der Waals surface area contributed by atoms with E-state index >= 15 is 0 Å². The first kappa shape index (κ1) is 50.1. The van der Waals surface area contributed by atoms with Crippen molar-refractivity contribution in [3.05, 3.63) is 110 Å². The Kier molecular flexibility index (Phi) is 23.1. The number of carboxylic acids is 1. The van der Waals surface area contributed by atoms with Gasteiger partial charge >= 0.3 is 5.97 Å². The molecule has 2 saturated heterocycles. The van der Waals surface area contributed by atoms with E-state index in [0.29, 0.717) is 39.9 Å². The molecule has 0 spiro atoms. The number of benzene rings is 4. The van der Waals surface area contributed by atoms with Crippen LogP contribution >= 0.6 is 0 Å². The van der Waals surface area contributed by atoms with Gasteiger partial charge in [0.1, 0.15) is 11.5 Å². The van der Waals surface area contributed by atoms with Crippen LogP contribution in [-0.4, -0.2) is 60.6 Å². The Morgan fingerprint density at radius 3 is 1.35 bits per heavy atom. The Hall–Kier alpha value is -2.88. The van der Waals surface area contributed by atoms with Crippen LogP contribution in [0.1, 0.15) is 60.2 Å². The minimum absolute atomic E-state index is 0. The van der Waals surface area contributed by atoms with E-state index in [2.05, 4.69) is 21.3 Å². The number of ketones is 1. The van der Waals surface area contributed by atoms with Crippen molar-refractivity contribution < 1.29 is 107 Å². The fraction of sp³-hybridized carbons (Fsp3) is 0.263. The third kappa shape index (κ3) is 14.9. The van der Waals surface area contributed by atoms with E-state index in [1.165, 1.54) is 18.2 Å². The van der Waals surface area contributed by atoms with Crippen LogP contribution in [0.4, 0.5) is 22.7 Å². The van der Waals surface area contributed by atoms with E-state index < -0.39 is 28.5 Å². The molecule has 2 atom stereocenters. The zero-order valence-corrected chi connectivity index (χ0v) is 38.3. The van der Waals surface area contributed by atoms with Crippen molar-refractivity contribution >= 4 is 57.0 Å². The molecule has 2 unspecified atom stereocenters. The molecule has 6 rings (SSSR count). The summed E-state index contributed by atoms with van der Waals surface area (Å²) in [6.45, 7) is 10.6. The summed E-state index contributed by atoms with van der Waals surface area (Å²) in [5, 5.41) is 9.35. The van der Waals surface area contributed by atoms with E-state index in [1.807, 2.05) is 43.0 Å². The molecule has 2 heterocycles. The largest absolute Gasteiger partial charge is 0.755 e. The Labute approximate surface area is 378 Å². The number of anilines is 4. The van der Waals surface area contributed by atoms with Crippen LogP contribution in [0.3, 0.4) is 0 Å². The van der Waals surface area contributed by atoms with Gasteiger partial charge in [0.05, 0.1) is 28.3 Å². The number of Topliss-reactive ketones (excluding diaryl/α,β-unsaturated/α-hetero) is 1. The monoisotopic (exact) mass is 942 g/mol. The number of hydrogen-bond donors (Lipinski definition) is 3. The van der Waals surface area contributed by atoms with E-state index in [1.54, 1.807) is 42.5 Å². The van der Waals surface area contributed by atoms with E-state index in [9.17, 15) is 32.2 Å². The predicted molar refractivity (Wildman–Crippen MR) is 208 cm³/mol. The third-order valence-electron chi connectivity index (χ3n) is 7.91. The van der Waals surface area contributed by atoms with Gasteiger partial charge in [0.25, 0.3) is 0 Å². The van der Waals surface area contributed by atoms with Crippen LogP contribution in [0.25, 0.3) is 0 Å². The molecule has 4 aromatic carbocycles. The molecule has 0 aliphatic carbocycles. The summed E-state index contributed by atoms with van der Waals surface area (Å²) in [5.41, 5.74) is 1.89. The number of carbonyl (C=O) groups excluding carboxylic acids is 1. The van der Waals surface area contributed by atoms with Crippen molar-refractivity contribution in [2.75, 3.05) is 45.4 Å². The van der Waals surface area contributed by atoms with E-state index in [-0.39, 0.29) is 95.6 Å². The van der Waals surface area contributed by atoms with Gasteiger partial charge in [0, 0.05) is 120 Å². The molecule has 0 amide bonds. The molecule has 0 bridgehead atoms. The number of aromatic carboxylic acids is 1. The maximum absolute atomic E-state index is 11.8. The average molecular weight is 943 g/mol. The van der Waals surface area contributed by atoms with Crippen molar-refractivity contribution in [2.45, 2.75) is 39.5 Å². The van der Waals surface area contributed by atoms with Gasteiger partial charge in [-0.2, -0.15) is 6.92 Å². The minimum atomic E-state index is -2.61. The van der Waals surface area contributed by atoms with Crippen molar-refractivity contribution in [3.63, 3.8) is 0 Å². The van der Waals surface area contributed by atoms with Crippen molar-refractivity contribution in [1.29, 1.82) is 0 Å². The Morgan fingerprint density at radius 2 is 1.02 bits per heavy atom. The summed E-state index contributed by atoms with van der Waals surface area (Å²) in [6.07, 6.45) is 4.03. The summed E-state index contributed by atoms with van der Waals surface area (Å²) >= 11 is -5.15. The zero-order valence-electron chi connectivity index (χ0n) is 31.0. The van der Waals surface area contributed by atoms with Gasteiger partial charge in [-0.05, 0) is 62.1 Å². The molecule has 0 aromatic heterocycles. The molecule has 3 N–H and O–H groups in total. The second-order valence-corrected chi connectivity index (χ2v) is 12.7. The van der Waals surface area contributed by atoms with Crippen LogP contribution in [0, 0.1) is 14.4 Å². The standard InChI is InChI=1S/C18H19N2O4S.C17H18N2O5S.C2H6.CH3.2Y/c1-13(21)14-11-16(19-25(22)23)18(24-15-7-3-2-4-8-15)17(12-14)20-9-5-6-10-20;20-17(21)12-10-14(18-25(22)23)16(24-13-6-2-1-3-7-13)15(11-12)19-8-4-5-9-19;1-2;;;/h2-4,7-8,11-12,19H,1,5-6,9-10H2,(H,22,23);1-3,6-7,10-11,18H,4-5,8-9H2,(H,20,21)(H,22,23);1-2H3;1H3;;/q-1;;;-1;;/p-2. The quantitative estimate of drug-likeness (QED) is 0.0717. The van der Waals surface area contributed by atoms with Crippen LogP contribution in [0.15, 0.2) is 84.9 Å². The van der Waals surface area contributed by atoms with Crippen LogP contribution in [-0.2, 0) is 88.0 Å². The second-order valence-electron chi connectivity index (χ2n) is 11.4. The zero-order chi connectivity index (χ0) is 37.6. The van der Waals surface area contributed by atoms with E-state index in [0.717, 1.165) is 51.9 Å². The molecule has 2 aliphatic heterocycles. The number of carbonyl (C=O) groups is 2. The topological polar surface area (TPSA) is 184 Å². The van der Waals surface area contributed by atoms with Crippen LogP contribution < -0.4 is 28.7 Å². The average Bonchev–Trinajstić information content (AvgIpc) is 3.87. The molecule has 17 heteroatoms. The van der Waals surface area contributed by atoms with Gasteiger partial charge in [-0.25, -0.2) is 4.79 Å². The first-order chi connectivity index (χ1) is 25.1. The molecule has 292 valence electrons. The summed E-state index contributed by atoms with van der Waals surface area (Å²) in [5.74, 6) is 0.268. The van der Waals surface area contributed by atoms with Crippen LogP contribution in [0.5, 0.6) is 23.0 Å². The maximum atomic E-state index is 11.8. The van der Waals surface area contributed by atoms with Gasteiger partial charge in [0.15, 0.2) is 11.5 Å². The summed E-state index contributed by atoms with van der Waals surface area (Å²) in [4.78, 5) is 27.3. The van der Waals surface area contributed by atoms with Gasteiger partial charge in [-0.15, -0.1) is 17.7 Å². The third-order valence-corrected chi connectivity index (χ3v) is 8.69. The Bertz CT molecular complexity index is 1730. The Balaban J connectivity index is 0.000000500. The number of para-hydroxylation sites is 2. The second kappa shape index (κ2) is 25.4. The summed E-state index contributed by atoms with van der Waals surface area (Å²) < 4.78 is 61.2. The Morgan fingerprint density at radius 1 is 0.673 bits per heavy atom. The molecular formula is C38H44N4O9S2Y2-4. The summed E-state index contributed by atoms with van der Waals surface area (Å²) in [7, 11) is 0. The number of nitrogens with one attached hydrogen (secondary N) is 2. The van der Waals surface area contributed by atoms with Gasteiger partial charge in [0.2, 0.25) is 0 Å². The molecule has 13 nitrogen and oxygen atoms in total. The van der Waals surface area contributed by atoms with E-state index in [4.69, 9.17) is 9.47 Å². The molecule has 0 saturated carbocycles. The number of carboxylic acid groups (broad SMARTS) is 1. The molecular weight excluding hydrogens is 898 g/mol. The molecule has 4 aromatic rings. The number of rotatable bonds is 12. The van der Waals surface area contributed by atoms with Crippen molar-refractivity contribution in [2.24, 2.45) is 0 Å². The van der Waals surface area contributed by atoms with Gasteiger partial charge in [-0.1, -0.05) is 50.2 Å². The fourth-order valence-corrected chi connectivity index (χ4v) is 6.32. The smallest absolute Gasteiger partial charge is 0.335 e. The van der Waals surface area contributed by atoms with Gasteiger partial charge < -0.3 is 55.2 Å². The van der Waals surface area contributed by atoms with Gasteiger partial charge in [-0.3, -0.25) is 8.42 Å². The first-order valence-corrected chi connectivity index (χ1v) is 18.9. The SMILES string of the molecule is CC.O=C(O)c1cc(NS(=O)[O-])c(Oc2ccccc2)c(N2CCCC2)c1.[CH2-]C(=O)c1cc(NS(=O)[O-])c(Oc2ccccc2)c(N2CCCC2)c1.[CH3-].[Y].[Y]. The minimum Gasteiger partial charge on any atom is -0.755 e. The van der Waals surface area contributed by atoms with Crippen molar-refractivity contribution in [1.82, 2.24) is 0 Å². The van der Waals surface area contributed by atoms with Crippen molar-refractivity contribution in [3.8, 4) is 23.0 Å². The molecule has 55 heavy (non-hydrogen) atoms. The summed E-state index contributed by atoms with van der Waals surface area (Å²) in [6, 6.07) is 24.0. The fourth-order valence-electron chi connectivity index (χ4n) is 5.66. The van der Waals surface area contributed by atoms with Crippen LogP contribution in [0.2, 0.25) is 0 Å². The predicted octanol–water partition coefficient (Wildman–Crippen LogP) is 7.76.